The number of alkyl halides is 3. The lowest BCUT2D eigenvalue weighted by Gasteiger charge is -2.07. The zero-order chi connectivity index (χ0) is 16.9. The molecule has 0 saturated carbocycles. The molecule has 0 saturated heterocycles. The number of halogens is 3. The van der Waals surface area contributed by atoms with E-state index in [4.69, 9.17) is 5.73 Å². The molecule has 24 heavy (non-hydrogen) atoms. The van der Waals surface area contributed by atoms with Gasteiger partial charge >= 0.3 is 6.18 Å². The first kappa shape index (κ1) is 14.5. The number of hydrogen-bond acceptors (Lipinski definition) is 3. The van der Waals surface area contributed by atoms with Crippen LogP contribution in [0, 0.1) is 0 Å². The van der Waals surface area contributed by atoms with E-state index in [1.165, 1.54) is 16.8 Å². The van der Waals surface area contributed by atoms with Crippen molar-refractivity contribution in [3.05, 3.63) is 60.3 Å². The van der Waals surface area contributed by atoms with Gasteiger partial charge in [0.05, 0.1) is 16.8 Å². The summed E-state index contributed by atoms with van der Waals surface area (Å²) in [5, 5.41) is 6.06. The monoisotopic (exact) mass is 328 g/mol. The quantitative estimate of drug-likeness (QED) is 0.570. The first-order valence-corrected chi connectivity index (χ1v) is 7.15. The number of benzene rings is 2. The molecule has 7 heteroatoms. The molecule has 0 amide bonds. The molecule has 0 unspecified atom stereocenters. The molecule has 2 aromatic carbocycles. The van der Waals surface area contributed by atoms with Crippen molar-refractivity contribution in [1.29, 1.82) is 0 Å². The van der Waals surface area contributed by atoms with Crippen molar-refractivity contribution in [2.24, 2.45) is 0 Å². The molecule has 2 N–H and O–H groups in total. The molecule has 0 aliphatic heterocycles. The standard InChI is InChI=1S/C17H11F3N4/c18-17(19,20)10-5-7-11(8-6-10)24-9-13-12-3-1-2-4-14(12)22-16(21)15(13)23-24/h1-9H,(H2,21,22). The smallest absolute Gasteiger partial charge is 0.382 e. The maximum Gasteiger partial charge on any atom is 0.416 e. The molecule has 0 radical (unpaired) electrons. The van der Waals surface area contributed by atoms with Crippen LogP contribution in [0.1, 0.15) is 5.56 Å². The fourth-order valence-electron chi connectivity index (χ4n) is 2.68. The maximum absolute atomic E-state index is 12.7. The van der Waals surface area contributed by atoms with Crippen LogP contribution in [-0.2, 0) is 6.18 Å². The van der Waals surface area contributed by atoms with Crippen LogP contribution in [-0.4, -0.2) is 14.8 Å². The third kappa shape index (κ3) is 2.25. The third-order valence-electron chi connectivity index (χ3n) is 3.85. The highest BCUT2D eigenvalue weighted by Gasteiger charge is 2.30. The molecule has 4 rings (SSSR count). The minimum atomic E-state index is -4.36. The lowest BCUT2D eigenvalue weighted by molar-refractivity contribution is -0.137. The van der Waals surface area contributed by atoms with Crippen LogP contribution in [0.15, 0.2) is 54.7 Å². The zero-order valence-corrected chi connectivity index (χ0v) is 12.2. The number of aromatic nitrogens is 3. The largest absolute Gasteiger partial charge is 0.416 e. The summed E-state index contributed by atoms with van der Waals surface area (Å²) in [5.74, 6) is 0.286. The summed E-state index contributed by atoms with van der Waals surface area (Å²) in [5.41, 5.74) is 7.04. The van der Waals surface area contributed by atoms with Gasteiger partial charge in [0, 0.05) is 17.0 Å². The van der Waals surface area contributed by atoms with Gasteiger partial charge in [-0.05, 0) is 30.3 Å². The molecule has 0 aliphatic rings. The van der Waals surface area contributed by atoms with E-state index in [2.05, 4.69) is 10.1 Å². The number of rotatable bonds is 1. The molecule has 2 heterocycles. The number of pyridine rings is 1. The summed E-state index contributed by atoms with van der Waals surface area (Å²) >= 11 is 0. The molecule has 0 atom stereocenters. The van der Waals surface area contributed by atoms with E-state index >= 15 is 0 Å². The summed E-state index contributed by atoms with van der Waals surface area (Å²) in [6.45, 7) is 0. The molecule has 4 aromatic rings. The first-order valence-electron chi connectivity index (χ1n) is 7.15. The second-order valence-electron chi connectivity index (χ2n) is 5.39. The van der Waals surface area contributed by atoms with Crippen molar-refractivity contribution in [2.45, 2.75) is 6.18 Å². The molecule has 0 bridgehead atoms. The van der Waals surface area contributed by atoms with Gasteiger partial charge in [0.15, 0.2) is 5.82 Å². The molecule has 0 fully saturated rings. The molecule has 120 valence electrons. The molecule has 0 spiro atoms. The van der Waals surface area contributed by atoms with Gasteiger partial charge in [-0.25, -0.2) is 9.67 Å². The topological polar surface area (TPSA) is 56.7 Å². The number of para-hydroxylation sites is 1. The van der Waals surface area contributed by atoms with E-state index in [0.29, 0.717) is 11.2 Å². The van der Waals surface area contributed by atoms with Crippen molar-refractivity contribution >= 4 is 27.6 Å². The lowest BCUT2D eigenvalue weighted by Crippen LogP contribution is -2.05. The molecule has 0 aliphatic carbocycles. The second kappa shape index (κ2) is 4.95. The van der Waals surface area contributed by atoms with Gasteiger partial charge in [-0.2, -0.15) is 18.3 Å². The highest BCUT2D eigenvalue weighted by molar-refractivity contribution is 6.07. The van der Waals surface area contributed by atoms with Gasteiger partial charge in [0.1, 0.15) is 5.52 Å². The van der Waals surface area contributed by atoms with Crippen molar-refractivity contribution in [2.75, 3.05) is 5.73 Å². The Labute approximate surface area is 134 Å². The number of fused-ring (bicyclic) bond motifs is 3. The van der Waals surface area contributed by atoms with Gasteiger partial charge in [-0.1, -0.05) is 18.2 Å². The Morgan fingerprint density at radius 2 is 1.62 bits per heavy atom. The average Bonchev–Trinajstić information content (AvgIpc) is 3.00. The van der Waals surface area contributed by atoms with E-state index in [9.17, 15) is 13.2 Å². The van der Waals surface area contributed by atoms with E-state index in [0.717, 1.165) is 28.4 Å². The first-order chi connectivity index (χ1) is 11.4. The van der Waals surface area contributed by atoms with Crippen LogP contribution in [0.2, 0.25) is 0 Å². The summed E-state index contributed by atoms with van der Waals surface area (Å²) in [7, 11) is 0. The summed E-state index contributed by atoms with van der Waals surface area (Å²) in [6, 6.07) is 12.3. The van der Waals surface area contributed by atoms with Crippen LogP contribution >= 0.6 is 0 Å². The molecular weight excluding hydrogens is 317 g/mol. The fraction of sp³-hybridized carbons (Fsp3) is 0.0588. The van der Waals surface area contributed by atoms with Gasteiger partial charge in [0.2, 0.25) is 0 Å². The molecular formula is C17H11F3N4. The van der Waals surface area contributed by atoms with E-state index < -0.39 is 11.7 Å². The second-order valence-corrected chi connectivity index (χ2v) is 5.39. The predicted molar refractivity (Wildman–Crippen MR) is 85.8 cm³/mol. The summed E-state index contributed by atoms with van der Waals surface area (Å²) < 4.78 is 39.5. The number of nitrogen functional groups attached to an aromatic ring is 1. The Hall–Kier alpha value is -3.09. The van der Waals surface area contributed by atoms with Crippen molar-refractivity contribution in [1.82, 2.24) is 14.8 Å². The van der Waals surface area contributed by atoms with Crippen molar-refractivity contribution < 1.29 is 13.2 Å². The fourth-order valence-corrected chi connectivity index (χ4v) is 2.68. The van der Waals surface area contributed by atoms with Gasteiger partial charge in [-0.3, -0.25) is 0 Å². The Morgan fingerprint density at radius 1 is 0.917 bits per heavy atom. The highest BCUT2D eigenvalue weighted by Crippen LogP contribution is 2.31. The summed E-state index contributed by atoms with van der Waals surface area (Å²) in [4.78, 5) is 4.31. The Balaban J connectivity index is 1.89. The van der Waals surface area contributed by atoms with Gasteiger partial charge < -0.3 is 5.73 Å². The normalized spacial score (nSPS) is 12.1. The lowest BCUT2D eigenvalue weighted by atomic mass is 10.1. The Morgan fingerprint density at radius 3 is 2.33 bits per heavy atom. The maximum atomic E-state index is 12.7. The van der Waals surface area contributed by atoms with Crippen LogP contribution in [0.5, 0.6) is 0 Å². The van der Waals surface area contributed by atoms with E-state index in [-0.39, 0.29) is 5.82 Å². The minimum Gasteiger partial charge on any atom is -0.382 e. The number of nitrogens with zero attached hydrogens (tertiary/aromatic N) is 3. The molecule has 4 nitrogen and oxygen atoms in total. The third-order valence-corrected chi connectivity index (χ3v) is 3.85. The predicted octanol–water partition coefficient (Wildman–Crippen LogP) is 4.17. The summed E-state index contributed by atoms with van der Waals surface area (Å²) in [6.07, 6.45) is -2.61. The van der Waals surface area contributed by atoms with Gasteiger partial charge in [0.25, 0.3) is 0 Å². The van der Waals surface area contributed by atoms with Crippen molar-refractivity contribution in [3.63, 3.8) is 0 Å². The van der Waals surface area contributed by atoms with Crippen molar-refractivity contribution in [3.8, 4) is 5.69 Å². The van der Waals surface area contributed by atoms with Crippen LogP contribution in [0.4, 0.5) is 19.0 Å². The van der Waals surface area contributed by atoms with E-state index in [1.54, 1.807) is 6.20 Å². The Bertz CT molecular complexity index is 1050. The van der Waals surface area contributed by atoms with Crippen LogP contribution < -0.4 is 5.73 Å². The highest BCUT2D eigenvalue weighted by atomic mass is 19.4. The zero-order valence-electron chi connectivity index (χ0n) is 12.2. The van der Waals surface area contributed by atoms with Gasteiger partial charge in [-0.15, -0.1) is 0 Å². The van der Waals surface area contributed by atoms with Crippen LogP contribution in [0.3, 0.4) is 0 Å². The number of anilines is 1. The number of nitrogens with two attached hydrogens (primary N) is 1. The number of hydrogen-bond donors (Lipinski definition) is 1. The Kier molecular flexibility index (Phi) is 2.99. The SMILES string of the molecule is Nc1nc2ccccc2c2cn(-c3ccc(C(F)(F)F)cc3)nc12. The minimum absolute atomic E-state index is 0.286. The van der Waals surface area contributed by atoms with E-state index in [1.807, 2.05) is 24.3 Å². The van der Waals surface area contributed by atoms with Crippen LogP contribution in [0.25, 0.3) is 27.5 Å². The molecule has 2 aromatic heterocycles. The average molecular weight is 328 g/mol.